The van der Waals surface area contributed by atoms with Gasteiger partial charge in [-0.1, -0.05) is 25.6 Å². The van der Waals surface area contributed by atoms with Crippen molar-refractivity contribution >= 4 is 33.4 Å². The first-order valence-electron chi connectivity index (χ1n) is 8.57. The van der Waals surface area contributed by atoms with E-state index < -0.39 is 10.0 Å². The van der Waals surface area contributed by atoms with E-state index in [0.29, 0.717) is 49.1 Å². The van der Waals surface area contributed by atoms with Crippen LogP contribution in [0.1, 0.15) is 33.6 Å². The summed E-state index contributed by atoms with van der Waals surface area (Å²) < 4.78 is 33.3. The average molecular weight is 401 g/mol. The van der Waals surface area contributed by atoms with E-state index in [1.54, 1.807) is 29.7 Å². The molecule has 2 aromatic rings. The number of aromatic nitrogens is 3. The van der Waals surface area contributed by atoms with Gasteiger partial charge in [-0.2, -0.15) is 4.31 Å². The average Bonchev–Trinajstić information content (AvgIpc) is 3.02. The lowest BCUT2D eigenvalue weighted by atomic mass is 10.3. The van der Waals surface area contributed by atoms with E-state index in [2.05, 4.69) is 10.2 Å². The van der Waals surface area contributed by atoms with Crippen molar-refractivity contribution in [2.45, 2.75) is 43.7 Å². The van der Waals surface area contributed by atoms with Gasteiger partial charge >= 0.3 is 5.97 Å². The monoisotopic (exact) mass is 400 g/mol. The highest BCUT2D eigenvalue weighted by molar-refractivity contribution is 7.99. The number of fused-ring (bicyclic) bond motifs is 1. The maximum absolute atomic E-state index is 12.7. The molecule has 0 atom stereocenters. The van der Waals surface area contributed by atoms with Crippen molar-refractivity contribution in [3.63, 3.8) is 0 Å². The molecule has 2 aromatic heterocycles. The Morgan fingerprint density at radius 2 is 1.96 bits per heavy atom. The van der Waals surface area contributed by atoms with Crippen LogP contribution in [0.5, 0.6) is 0 Å². The first-order chi connectivity index (χ1) is 12.4. The van der Waals surface area contributed by atoms with E-state index in [-0.39, 0.29) is 10.9 Å². The van der Waals surface area contributed by atoms with Crippen LogP contribution < -0.4 is 0 Å². The highest BCUT2D eigenvalue weighted by Crippen LogP contribution is 2.22. The van der Waals surface area contributed by atoms with Gasteiger partial charge in [-0.25, -0.2) is 8.42 Å². The molecule has 8 nitrogen and oxygen atoms in total. The lowest BCUT2D eigenvalue weighted by Crippen LogP contribution is -2.30. The van der Waals surface area contributed by atoms with Crippen LogP contribution in [0.15, 0.2) is 28.4 Å². The summed E-state index contributed by atoms with van der Waals surface area (Å²) in [4.78, 5) is 11.6. The largest absolute Gasteiger partial charge is 0.466 e. The highest BCUT2D eigenvalue weighted by Gasteiger charge is 2.22. The van der Waals surface area contributed by atoms with Crippen molar-refractivity contribution < 1.29 is 17.9 Å². The Hall–Kier alpha value is -1.65. The minimum Gasteiger partial charge on any atom is -0.466 e. The number of esters is 1. The van der Waals surface area contributed by atoms with Crippen molar-refractivity contribution in [1.82, 2.24) is 18.9 Å². The van der Waals surface area contributed by atoms with Gasteiger partial charge in [0.25, 0.3) is 0 Å². The molecule has 0 saturated heterocycles. The Kier molecular flexibility index (Phi) is 7.42. The number of thioether (sulfide) groups is 1. The first-order valence-corrected chi connectivity index (χ1v) is 11.0. The standard InChI is InChI=1S/C16H24N4O4S2/c1-4-19(5-2)26(22,23)13-9-10-14-17-18-16(20(14)12-13)25-11-7-8-15(21)24-6-3/h9-10,12H,4-8,11H2,1-3H3. The summed E-state index contributed by atoms with van der Waals surface area (Å²) in [7, 11) is -3.54. The van der Waals surface area contributed by atoms with Gasteiger partial charge in [0.2, 0.25) is 10.0 Å². The zero-order chi connectivity index (χ0) is 19.2. The Labute approximate surface area is 158 Å². The van der Waals surface area contributed by atoms with E-state index in [1.807, 2.05) is 13.8 Å². The SMILES string of the molecule is CCOC(=O)CCCSc1nnc2ccc(S(=O)(=O)N(CC)CC)cn12. The van der Waals surface area contributed by atoms with Crippen molar-refractivity contribution in [2.24, 2.45) is 0 Å². The van der Waals surface area contributed by atoms with Crippen LogP contribution in [-0.2, 0) is 19.6 Å². The van der Waals surface area contributed by atoms with Gasteiger partial charge in [0.05, 0.1) is 11.5 Å². The predicted octanol–water partition coefficient (Wildman–Crippen LogP) is 2.20. The van der Waals surface area contributed by atoms with E-state index in [1.165, 1.54) is 16.1 Å². The summed E-state index contributed by atoms with van der Waals surface area (Å²) in [6, 6.07) is 3.19. The molecule has 0 aliphatic carbocycles. The number of hydrogen-bond donors (Lipinski definition) is 0. The fourth-order valence-electron chi connectivity index (χ4n) is 2.43. The van der Waals surface area contributed by atoms with Crippen molar-refractivity contribution in [3.05, 3.63) is 18.3 Å². The second-order valence-electron chi connectivity index (χ2n) is 5.42. The second kappa shape index (κ2) is 9.33. The molecule has 144 valence electrons. The molecule has 0 unspecified atom stereocenters. The van der Waals surface area contributed by atoms with Crippen molar-refractivity contribution in [1.29, 1.82) is 0 Å². The van der Waals surface area contributed by atoms with Gasteiger partial charge in [-0.05, 0) is 25.5 Å². The number of rotatable bonds is 10. The van der Waals surface area contributed by atoms with Gasteiger partial charge in [-0.15, -0.1) is 10.2 Å². The molecule has 0 saturated carbocycles. The summed E-state index contributed by atoms with van der Waals surface area (Å²) in [5.74, 6) is 0.443. The summed E-state index contributed by atoms with van der Waals surface area (Å²) in [6.07, 6.45) is 2.55. The third kappa shape index (κ3) is 4.74. The maximum Gasteiger partial charge on any atom is 0.305 e. The fourth-order valence-corrected chi connectivity index (χ4v) is 4.74. The Morgan fingerprint density at radius 3 is 2.62 bits per heavy atom. The van der Waals surface area contributed by atoms with Crippen LogP contribution in [0.3, 0.4) is 0 Å². The number of nitrogens with zero attached hydrogens (tertiary/aromatic N) is 4. The molecule has 2 rings (SSSR count). The molecule has 0 aromatic carbocycles. The molecular formula is C16H24N4O4S2. The highest BCUT2D eigenvalue weighted by atomic mass is 32.2. The number of carbonyl (C=O) groups is 1. The number of pyridine rings is 1. The number of ether oxygens (including phenoxy) is 1. The molecule has 2 heterocycles. The van der Waals surface area contributed by atoms with Gasteiger partial charge < -0.3 is 4.74 Å². The van der Waals surface area contributed by atoms with Crippen LogP contribution in [-0.4, -0.2) is 58.7 Å². The Balaban J connectivity index is 2.14. The number of hydrogen-bond acceptors (Lipinski definition) is 7. The van der Waals surface area contributed by atoms with Crippen LogP contribution in [0.4, 0.5) is 0 Å². The summed E-state index contributed by atoms with van der Waals surface area (Å²) in [5.41, 5.74) is 0.580. The summed E-state index contributed by atoms with van der Waals surface area (Å²) in [6.45, 7) is 6.60. The molecule has 0 N–H and O–H groups in total. The maximum atomic E-state index is 12.7. The van der Waals surface area contributed by atoms with Gasteiger partial charge in [-0.3, -0.25) is 9.20 Å². The molecule has 0 fully saturated rings. The smallest absolute Gasteiger partial charge is 0.305 e. The molecule has 10 heteroatoms. The molecule has 0 spiro atoms. The zero-order valence-corrected chi connectivity index (χ0v) is 16.8. The molecule has 0 radical (unpaired) electrons. The lowest BCUT2D eigenvalue weighted by Gasteiger charge is -2.18. The van der Waals surface area contributed by atoms with Crippen molar-refractivity contribution in [2.75, 3.05) is 25.4 Å². The number of carbonyl (C=O) groups excluding carboxylic acids is 1. The summed E-state index contributed by atoms with van der Waals surface area (Å²) in [5, 5.41) is 8.77. The first kappa shape index (κ1) is 20.7. The van der Waals surface area contributed by atoms with Gasteiger partial charge in [0.1, 0.15) is 0 Å². The van der Waals surface area contributed by atoms with Gasteiger partial charge in [0.15, 0.2) is 10.8 Å². The Bertz CT molecular complexity index is 847. The van der Waals surface area contributed by atoms with Crippen LogP contribution in [0, 0.1) is 0 Å². The third-order valence-electron chi connectivity index (χ3n) is 3.75. The fraction of sp³-hybridized carbons (Fsp3) is 0.562. The van der Waals surface area contributed by atoms with Crippen molar-refractivity contribution in [3.8, 4) is 0 Å². The summed E-state index contributed by atoms with van der Waals surface area (Å²) >= 11 is 1.43. The van der Waals surface area contributed by atoms with Gasteiger partial charge in [0, 0.05) is 31.5 Å². The van der Waals surface area contributed by atoms with E-state index >= 15 is 0 Å². The molecule has 0 aliphatic rings. The quantitative estimate of drug-likeness (QED) is 0.343. The van der Waals surface area contributed by atoms with E-state index in [0.717, 1.165) is 0 Å². The number of sulfonamides is 1. The zero-order valence-electron chi connectivity index (χ0n) is 15.2. The normalized spacial score (nSPS) is 12.0. The van der Waals surface area contributed by atoms with Crippen LogP contribution in [0.25, 0.3) is 5.65 Å². The minimum absolute atomic E-state index is 0.210. The van der Waals surface area contributed by atoms with E-state index in [9.17, 15) is 13.2 Å². The third-order valence-corrected chi connectivity index (χ3v) is 6.81. The molecular weight excluding hydrogens is 376 g/mol. The predicted molar refractivity (Wildman–Crippen MR) is 99.7 cm³/mol. The lowest BCUT2D eigenvalue weighted by molar-refractivity contribution is -0.143. The second-order valence-corrected chi connectivity index (χ2v) is 8.42. The molecule has 0 amide bonds. The minimum atomic E-state index is -3.54. The molecule has 26 heavy (non-hydrogen) atoms. The van der Waals surface area contributed by atoms with E-state index in [4.69, 9.17) is 4.74 Å². The van der Waals surface area contributed by atoms with Crippen LogP contribution >= 0.6 is 11.8 Å². The Morgan fingerprint density at radius 1 is 1.23 bits per heavy atom. The topological polar surface area (TPSA) is 93.9 Å². The molecule has 0 bridgehead atoms. The molecule has 0 aliphatic heterocycles. The van der Waals surface area contributed by atoms with Crippen LogP contribution in [0.2, 0.25) is 0 Å².